The van der Waals surface area contributed by atoms with E-state index in [1.807, 2.05) is 0 Å². The summed E-state index contributed by atoms with van der Waals surface area (Å²) in [5, 5.41) is 0. The zero-order valence-corrected chi connectivity index (χ0v) is 14.4. The number of benzene rings is 1. The number of rotatable bonds is 1. The third-order valence-corrected chi connectivity index (χ3v) is 8.83. The molecule has 0 bridgehead atoms. The average molecular weight is 319 g/mol. The van der Waals surface area contributed by atoms with Crippen LogP contribution >= 0.6 is 23.5 Å². The fraction of sp³-hybridized carbons (Fsp3) is 0.556. The first-order chi connectivity index (χ1) is 10.2. The Balaban J connectivity index is 1.77. The standard InChI is InChI=1S/C18H22OS2/c1-17-7-8-18(20-9-10-21-18)12-14(17)4-3-13-11-15(19-2)5-6-16(13)17/h5-6,11-12H,3-4,7-10H2,1-2H3/t17-/m1/s1. The van der Waals surface area contributed by atoms with Crippen molar-refractivity contribution < 1.29 is 4.74 Å². The Morgan fingerprint density at radius 2 is 1.90 bits per heavy atom. The van der Waals surface area contributed by atoms with E-state index in [-0.39, 0.29) is 5.41 Å². The van der Waals surface area contributed by atoms with Crippen molar-refractivity contribution in [1.82, 2.24) is 0 Å². The van der Waals surface area contributed by atoms with E-state index < -0.39 is 0 Å². The van der Waals surface area contributed by atoms with E-state index in [1.54, 1.807) is 18.2 Å². The quantitative estimate of drug-likeness (QED) is 0.689. The summed E-state index contributed by atoms with van der Waals surface area (Å²) in [6.07, 6.45) is 7.64. The summed E-state index contributed by atoms with van der Waals surface area (Å²) in [5.41, 5.74) is 4.99. The molecule has 0 N–H and O–H groups in total. The number of hydrogen-bond donors (Lipinski definition) is 0. The first kappa shape index (κ1) is 14.1. The molecule has 1 aromatic carbocycles. The number of allylic oxidation sites excluding steroid dienone is 1. The van der Waals surface area contributed by atoms with Crippen molar-refractivity contribution in [3.8, 4) is 5.75 Å². The van der Waals surface area contributed by atoms with Crippen molar-refractivity contribution >= 4 is 23.5 Å². The first-order valence-corrected chi connectivity index (χ1v) is 9.80. The van der Waals surface area contributed by atoms with Crippen molar-refractivity contribution in [2.75, 3.05) is 18.6 Å². The van der Waals surface area contributed by atoms with Crippen LogP contribution in [0.4, 0.5) is 0 Å². The molecule has 0 radical (unpaired) electrons. The Kier molecular flexibility index (Phi) is 3.34. The number of hydrogen-bond acceptors (Lipinski definition) is 3. The molecule has 2 aliphatic carbocycles. The third kappa shape index (κ3) is 2.16. The van der Waals surface area contributed by atoms with Crippen molar-refractivity contribution in [3.05, 3.63) is 41.0 Å². The van der Waals surface area contributed by atoms with E-state index in [4.69, 9.17) is 4.74 Å². The number of methoxy groups -OCH3 is 1. The second-order valence-electron chi connectivity index (χ2n) is 6.53. The maximum atomic E-state index is 5.40. The lowest BCUT2D eigenvalue weighted by Crippen LogP contribution is -2.37. The Hall–Kier alpha value is -0.540. The smallest absolute Gasteiger partial charge is 0.119 e. The van der Waals surface area contributed by atoms with Gasteiger partial charge in [-0.15, -0.1) is 23.5 Å². The van der Waals surface area contributed by atoms with E-state index in [9.17, 15) is 0 Å². The van der Waals surface area contributed by atoms with Crippen LogP contribution in [-0.2, 0) is 11.8 Å². The highest BCUT2D eigenvalue weighted by molar-refractivity contribution is 8.21. The van der Waals surface area contributed by atoms with Crippen LogP contribution in [-0.4, -0.2) is 22.7 Å². The van der Waals surface area contributed by atoms with Gasteiger partial charge in [-0.1, -0.05) is 24.6 Å². The molecule has 4 rings (SSSR count). The minimum Gasteiger partial charge on any atom is -0.497 e. The molecule has 3 heteroatoms. The maximum Gasteiger partial charge on any atom is 0.119 e. The monoisotopic (exact) mass is 318 g/mol. The Morgan fingerprint density at radius 3 is 2.67 bits per heavy atom. The lowest BCUT2D eigenvalue weighted by molar-refractivity contribution is 0.406. The third-order valence-electron chi connectivity index (χ3n) is 5.42. The lowest BCUT2D eigenvalue weighted by atomic mass is 9.63. The molecule has 3 aliphatic rings. The van der Waals surface area contributed by atoms with Gasteiger partial charge in [0.15, 0.2) is 0 Å². The summed E-state index contributed by atoms with van der Waals surface area (Å²) in [6.45, 7) is 2.46. The minimum absolute atomic E-state index is 0.259. The average Bonchev–Trinajstić information content (AvgIpc) is 2.96. The highest BCUT2D eigenvalue weighted by Gasteiger charge is 2.45. The van der Waals surface area contributed by atoms with Gasteiger partial charge in [-0.05, 0) is 48.9 Å². The molecule has 1 nitrogen and oxygen atoms in total. The zero-order valence-electron chi connectivity index (χ0n) is 12.8. The number of ether oxygens (including phenoxy) is 1. The molecule has 0 amide bonds. The van der Waals surface area contributed by atoms with Crippen LogP contribution in [0.15, 0.2) is 29.8 Å². The van der Waals surface area contributed by atoms with E-state index in [1.165, 1.54) is 42.8 Å². The molecule has 0 aromatic heterocycles. The van der Waals surface area contributed by atoms with Gasteiger partial charge in [0.25, 0.3) is 0 Å². The molecular weight excluding hydrogens is 296 g/mol. The van der Waals surface area contributed by atoms with Gasteiger partial charge in [0, 0.05) is 16.9 Å². The minimum atomic E-state index is 0.259. The second-order valence-corrected chi connectivity index (χ2v) is 9.64. The number of fused-ring (bicyclic) bond motifs is 3. The molecular formula is C18H22OS2. The highest BCUT2D eigenvalue weighted by Crippen LogP contribution is 2.57. The predicted molar refractivity (Wildman–Crippen MR) is 93.6 cm³/mol. The van der Waals surface area contributed by atoms with Gasteiger partial charge >= 0.3 is 0 Å². The maximum absolute atomic E-state index is 5.40. The molecule has 21 heavy (non-hydrogen) atoms. The molecule has 1 aliphatic heterocycles. The van der Waals surface area contributed by atoms with Crippen molar-refractivity contribution in [3.63, 3.8) is 0 Å². The summed E-state index contributed by atoms with van der Waals surface area (Å²) in [4.78, 5) is 0. The molecule has 1 saturated heterocycles. The van der Waals surface area contributed by atoms with Gasteiger partial charge in [-0.25, -0.2) is 0 Å². The van der Waals surface area contributed by atoms with Gasteiger partial charge in [0.05, 0.1) is 11.2 Å². The fourth-order valence-electron chi connectivity index (χ4n) is 4.15. The van der Waals surface area contributed by atoms with Crippen LogP contribution in [0.3, 0.4) is 0 Å². The van der Waals surface area contributed by atoms with E-state index in [2.05, 4.69) is 54.7 Å². The van der Waals surface area contributed by atoms with Crippen molar-refractivity contribution in [1.29, 1.82) is 0 Å². The predicted octanol–water partition coefficient (Wildman–Crippen LogP) is 4.80. The van der Waals surface area contributed by atoms with Crippen LogP contribution in [0.25, 0.3) is 0 Å². The summed E-state index contributed by atoms with van der Waals surface area (Å²) in [5.74, 6) is 3.64. The van der Waals surface area contributed by atoms with Crippen molar-refractivity contribution in [2.24, 2.45) is 0 Å². The van der Waals surface area contributed by atoms with Crippen LogP contribution in [0, 0.1) is 0 Å². The van der Waals surface area contributed by atoms with E-state index >= 15 is 0 Å². The Labute approximate surface area is 135 Å². The normalized spacial score (nSPS) is 29.7. The number of aryl methyl sites for hydroxylation is 1. The molecule has 0 unspecified atom stereocenters. The zero-order chi connectivity index (χ0) is 14.5. The summed E-state index contributed by atoms with van der Waals surface area (Å²) in [6, 6.07) is 6.70. The molecule has 1 spiro atoms. The SMILES string of the molecule is COc1ccc2c(c1)CCC1=CC3(CC[C@]12C)SCCS3. The van der Waals surface area contributed by atoms with Gasteiger partial charge in [-0.3, -0.25) is 0 Å². The molecule has 1 heterocycles. The lowest BCUT2D eigenvalue weighted by Gasteiger charge is -2.45. The van der Waals surface area contributed by atoms with Gasteiger partial charge in [0.2, 0.25) is 0 Å². The van der Waals surface area contributed by atoms with Gasteiger partial charge < -0.3 is 4.74 Å². The molecule has 112 valence electrons. The Morgan fingerprint density at radius 1 is 1.10 bits per heavy atom. The Bertz CT molecular complexity index is 601. The summed E-state index contributed by atoms with van der Waals surface area (Å²) in [7, 11) is 1.76. The summed E-state index contributed by atoms with van der Waals surface area (Å²) < 4.78 is 5.81. The summed E-state index contributed by atoms with van der Waals surface area (Å²) >= 11 is 4.35. The first-order valence-electron chi connectivity index (χ1n) is 7.83. The van der Waals surface area contributed by atoms with E-state index in [0.717, 1.165) is 5.75 Å². The van der Waals surface area contributed by atoms with E-state index in [0.29, 0.717) is 4.08 Å². The van der Waals surface area contributed by atoms with Gasteiger partial charge in [-0.2, -0.15) is 0 Å². The van der Waals surface area contributed by atoms with Crippen LogP contribution in [0.2, 0.25) is 0 Å². The molecule has 1 fully saturated rings. The topological polar surface area (TPSA) is 9.23 Å². The molecule has 0 saturated carbocycles. The van der Waals surface area contributed by atoms with Crippen LogP contribution < -0.4 is 4.74 Å². The molecule has 1 aromatic rings. The largest absolute Gasteiger partial charge is 0.497 e. The van der Waals surface area contributed by atoms with Crippen LogP contribution in [0.1, 0.15) is 37.3 Å². The molecule has 1 atom stereocenters. The van der Waals surface area contributed by atoms with Crippen LogP contribution in [0.5, 0.6) is 5.75 Å². The van der Waals surface area contributed by atoms with Gasteiger partial charge in [0.1, 0.15) is 5.75 Å². The number of thioether (sulfide) groups is 2. The second kappa shape index (κ2) is 4.99. The highest BCUT2D eigenvalue weighted by atomic mass is 32.2. The van der Waals surface area contributed by atoms with Crippen molar-refractivity contribution in [2.45, 2.75) is 42.1 Å². The fourth-order valence-corrected chi connectivity index (χ4v) is 7.28.